The first-order chi connectivity index (χ1) is 12.9. The molecule has 4 nitrogen and oxygen atoms in total. The molecule has 0 aliphatic carbocycles. The Balaban J connectivity index is 2.55. The second-order valence-electron chi connectivity index (χ2n) is 7.20. The lowest BCUT2D eigenvalue weighted by Gasteiger charge is -2.42. The Morgan fingerprint density at radius 2 is 1.52 bits per heavy atom. The largest absolute Gasteiger partial charge is 0.465 e. The second-order valence-corrected chi connectivity index (χ2v) is 11.5. The summed E-state index contributed by atoms with van der Waals surface area (Å²) in [4.78, 5) is 11.7. The average molecular weight is 380 g/mol. The van der Waals surface area contributed by atoms with Gasteiger partial charge in [0.05, 0.1) is 13.7 Å². The third kappa shape index (κ3) is 4.36. The highest BCUT2D eigenvalue weighted by Crippen LogP contribution is 2.36. The summed E-state index contributed by atoms with van der Waals surface area (Å²) in [6, 6.07) is 22.3. The van der Waals surface area contributed by atoms with Gasteiger partial charge in [0.1, 0.15) is 11.6 Å². The van der Waals surface area contributed by atoms with Gasteiger partial charge in [-0.15, -0.1) is 0 Å². The van der Waals surface area contributed by atoms with Crippen LogP contribution in [0.15, 0.2) is 72.3 Å². The molecule has 5 heteroatoms. The van der Waals surface area contributed by atoms with Crippen molar-refractivity contribution in [3.05, 3.63) is 72.3 Å². The highest BCUT2D eigenvalue weighted by molar-refractivity contribution is 6.99. The van der Waals surface area contributed by atoms with Crippen molar-refractivity contribution in [1.29, 1.82) is 5.26 Å². The molecule has 140 valence electrons. The minimum atomic E-state index is -2.68. The summed E-state index contributed by atoms with van der Waals surface area (Å²) in [6.45, 7) is 6.68. The van der Waals surface area contributed by atoms with Crippen LogP contribution in [0.5, 0.6) is 0 Å². The number of esters is 1. The van der Waals surface area contributed by atoms with Crippen molar-refractivity contribution in [2.75, 3.05) is 13.7 Å². The van der Waals surface area contributed by atoms with E-state index in [0.29, 0.717) is 0 Å². The lowest BCUT2D eigenvalue weighted by atomic mass is 10.2. The number of ether oxygens (including phenoxy) is 1. The number of nitrogens with zero attached hydrogens (tertiary/aromatic N) is 1. The number of rotatable bonds is 6. The fraction of sp³-hybridized carbons (Fsp3) is 0.273. The van der Waals surface area contributed by atoms with Gasteiger partial charge in [-0.25, -0.2) is 4.79 Å². The minimum absolute atomic E-state index is 0.0459. The van der Waals surface area contributed by atoms with Crippen LogP contribution in [-0.2, 0) is 14.0 Å². The quantitative estimate of drug-likeness (QED) is 0.335. The van der Waals surface area contributed by atoms with Gasteiger partial charge in [0.25, 0.3) is 8.32 Å². The number of carbonyl (C=O) groups is 1. The molecule has 0 atom stereocenters. The Bertz CT molecular complexity index is 794. The van der Waals surface area contributed by atoms with Crippen LogP contribution in [0.25, 0.3) is 0 Å². The highest BCUT2D eigenvalue weighted by Gasteiger charge is 2.49. The van der Waals surface area contributed by atoms with Crippen molar-refractivity contribution in [3.63, 3.8) is 0 Å². The molecule has 0 N–H and O–H groups in total. The summed E-state index contributed by atoms with van der Waals surface area (Å²) in [7, 11) is -1.42. The monoisotopic (exact) mass is 379 g/mol. The van der Waals surface area contributed by atoms with Crippen molar-refractivity contribution in [3.8, 4) is 6.07 Å². The first-order valence-electron chi connectivity index (χ1n) is 8.80. The molecule has 2 aromatic rings. The predicted molar refractivity (Wildman–Crippen MR) is 109 cm³/mol. The van der Waals surface area contributed by atoms with Crippen molar-refractivity contribution in [2.24, 2.45) is 0 Å². The number of nitriles is 1. The molecule has 0 unspecified atom stereocenters. The molecule has 0 heterocycles. The normalized spacial score (nSPS) is 12.3. The molecular weight excluding hydrogens is 354 g/mol. The topological polar surface area (TPSA) is 59.3 Å². The smallest absolute Gasteiger partial charge is 0.348 e. The van der Waals surface area contributed by atoms with E-state index in [1.54, 1.807) is 0 Å². The fourth-order valence-electron chi connectivity index (χ4n) is 3.30. The van der Waals surface area contributed by atoms with Gasteiger partial charge >= 0.3 is 5.97 Å². The molecule has 0 aromatic heterocycles. The first-order valence-corrected chi connectivity index (χ1v) is 10.7. The third-order valence-corrected chi connectivity index (χ3v) is 9.53. The van der Waals surface area contributed by atoms with E-state index in [-0.39, 0.29) is 17.2 Å². The zero-order valence-electron chi connectivity index (χ0n) is 16.2. The van der Waals surface area contributed by atoms with Crippen LogP contribution in [-0.4, -0.2) is 28.0 Å². The van der Waals surface area contributed by atoms with Crippen molar-refractivity contribution in [2.45, 2.75) is 25.8 Å². The maximum absolute atomic E-state index is 11.7. The Hall–Kier alpha value is -2.68. The summed E-state index contributed by atoms with van der Waals surface area (Å²) in [5.74, 6) is -0.649. The zero-order valence-corrected chi connectivity index (χ0v) is 17.2. The first kappa shape index (κ1) is 20.6. The standard InChI is InChI=1S/C22H25NO3Si/c1-22(2,3)27(19-11-7-5-8-12-19,20-13-9-6-10-14-20)26-16-15-18(17-23)21(24)25-4/h5-15H,16H2,1-4H3/b18-15+. The molecule has 0 saturated carbocycles. The van der Waals surface area contributed by atoms with Crippen LogP contribution in [0.3, 0.4) is 0 Å². The number of benzene rings is 2. The van der Waals surface area contributed by atoms with Gasteiger partial charge in [0, 0.05) is 0 Å². The van der Waals surface area contributed by atoms with Crippen molar-refractivity contribution < 1.29 is 14.0 Å². The van der Waals surface area contributed by atoms with E-state index in [0.717, 1.165) is 10.4 Å². The Labute approximate surface area is 162 Å². The van der Waals surface area contributed by atoms with Crippen LogP contribution in [0, 0.1) is 11.3 Å². The lowest BCUT2D eigenvalue weighted by Crippen LogP contribution is -2.66. The summed E-state index contributed by atoms with van der Waals surface area (Å²) in [5.41, 5.74) is -0.0459. The molecule has 0 spiro atoms. The molecule has 0 fully saturated rings. The molecule has 0 aliphatic rings. The van der Waals surface area contributed by atoms with E-state index in [4.69, 9.17) is 4.43 Å². The Kier molecular flexibility index (Phi) is 6.73. The van der Waals surface area contributed by atoms with Crippen LogP contribution in [0.2, 0.25) is 5.04 Å². The van der Waals surface area contributed by atoms with Crippen LogP contribution >= 0.6 is 0 Å². The van der Waals surface area contributed by atoms with Gasteiger partial charge in [-0.2, -0.15) is 5.26 Å². The van der Waals surface area contributed by atoms with Gasteiger partial charge < -0.3 is 9.16 Å². The van der Waals surface area contributed by atoms with Crippen LogP contribution in [0.4, 0.5) is 0 Å². The van der Waals surface area contributed by atoms with E-state index in [2.05, 4.69) is 49.8 Å². The molecule has 2 aromatic carbocycles. The van der Waals surface area contributed by atoms with E-state index < -0.39 is 14.3 Å². The summed E-state index contributed by atoms with van der Waals surface area (Å²) in [6.07, 6.45) is 1.51. The molecule has 0 aliphatic heterocycles. The fourth-order valence-corrected chi connectivity index (χ4v) is 7.78. The zero-order chi connectivity index (χ0) is 19.9. The van der Waals surface area contributed by atoms with E-state index in [1.807, 2.05) is 42.5 Å². The van der Waals surface area contributed by atoms with Gasteiger partial charge in [0.15, 0.2) is 0 Å². The SMILES string of the molecule is COC(=O)/C(C#N)=C/CO[Si](c1ccccc1)(c1ccccc1)C(C)(C)C. The molecule has 27 heavy (non-hydrogen) atoms. The van der Waals surface area contributed by atoms with Crippen LogP contribution < -0.4 is 10.4 Å². The molecule has 0 amide bonds. The number of hydrogen-bond acceptors (Lipinski definition) is 4. The number of carbonyl (C=O) groups excluding carboxylic acids is 1. The second kappa shape index (κ2) is 8.80. The molecule has 0 radical (unpaired) electrons. The summed E-state index contributed by atoms with van der Waals surface area (Å²) >= 11 is 0. The average Bonchev–Trinajstić information content (AvgIpc) is 2.68. The molecule has 0 saturated heterocycles. The van der Waals surface area contributed by atoms with E-state index in [1.165, 1.54) is 13.2 Å². The van der Waals surface area contributed by atoms with Crippen molar-refractivity contribution in [1.82, 2.24) is 0 Å². The predicted octanol–water partition coefficient (Wildman–Crippen LogP) is 3.19. The van der Waals surface area contributed by atoms with E-state index >= 15 is 0 Å². The maximum atomic E-state index is 11.7. The highest BCUT2D eigenvalue weighted by atomic mass is 28.4. The molecule has 0 bridgehead atoms. The van der Waals surface area contributed by atoms with E-state index in [9.17, 15) is 10.1 Å². The minimum Gasteiger partial charge on any atom is -0.465 e. The number of methoxy groups -OCH3 is 1. The molecular formula is C22H25NO3Si. The van der Waals surface area contributed by atoms with Crippen LogP contribution in [0.1, 0.15) is 20.8 Å². The van der Waals surface area contributed by atoms with Crippen molar-refractivity contribution >= 4 is 24.7 Å². The Morgan fingerprint density at radius 3 is 1.89 bits per heavy atom. The summed E-state index contributed by atoms with van der Waals surface area (Å²) < 4.78 is 11.2. The summed E-state index contributed by atoms with van der Waals surface area (Å²) in [5, 5.41) is 11.3. The number of hydrogen-bond donors (Lipinski definition) is 0. The van der Waals surface area contributed by atoms with Gasteiger partial charge in [0.2, 0.25) is 0 Å². The third-order valence-electron chi connectivity index (χ3n) is 4.53. The van der Waals surface area contributed by atoms with Gasteiger partial charge in [-0.05, 0) is 21.5 Å². The lowest BCUT2D eigenvalue weighted by molar-refractivity contribution is -0.135. The Morgan fingerprint density at radius 1 is 1.04 bits per heavy atom. The maximum Gasteiger partial charge on any atom is 0.348 e. The van der Waals surface area contributed by atoms with Gasteiger partial charge in [-0.1, -0.05) is 81.4 Å². The van der Waals surface area contributed by atoms with Gasteiger partial charge in [-0.3, -0.25) is 0 Å². The molecule has 2 rings (SSSR count).